The number of aryl methyl sites for hydroxylation is 1. The minimum Gasteiger partial charge on any atom is -0.489 e. The lowest BCUT2D eigenvalue weighted by Gasteiger charge is -2.10. The molecule has 90 valence electrons. The number of ether oxygens (including phenoxy) is 1. The summed E-state index contributed by atoms with van der Waals surface area (Å²) in [5.41, 5.74) is 2.03. The maximum atomic E-state index is 5.88. The predicted octanol–water partition coefficient (Wildman–Crippen LogP) is 2.73. The Labute approximate surface area is 101 Å². The molecule has 2 aromatic rings. The van der Waals surface area contributed by atoms with Crippen LogP contribution < -0.4 is 10.1 Å². The van der Waals surface area contributed by atoms with Crippen LogP contribution in [0.3, 0.4) is 0 Å². The van der Waals surface area contributed by atoms with Gasteiger partial charge in [-0.2, -0.15) is 0 Å². The summed E-state index contributed by atoms with van der Waals surface area (Å²) in [5, 5.41) is 4.49. The van der Waals surface area contributed by atoms with E-state index in [-0.39, 0.29) is 0 Å². The van der Waals surface area contributed by atoms with Gasteiger partial charge in [-0.3, -0.25) is 0 Å². The largest absolute Gasteiger partial charge is 0.489 e. The van der Waals surface area contributed by atoms with E-state index < -0.39 is 0 Å². The smallest absolute Gasteiger partial charge is 0.175 e. The predicted molar refractivity (Wildman–Crippen MR) is 67.4 cm³/mol. The summed E-state index contributed by atoms with van der Waals surface area (Å²) in [6, 6.07) is 6.07. The molecule has 0 amide bonds. The Morgan fingerprint density at radius 1 is 1.47 bits per heavy atom. The van der Waals surface area contributed by atoms with Gasteiger partial charge in [0.25, 0.3) is 0 Å². The molecular weight excluding hydrogens is 214 g/mol. The van der Waals surface area contributed by atoms with Crippen LogP contribution in [0.15, 0.2) is 28.9 Å². The number of para-hydroxylation sites is 1. The molecule has 3 rings (SSSR count). The molecule has 1 aromatic heterocycles. The Bertz CT molecular complexity index is 512. The highest BCUT2D eigenvalue weighted by Gasteiger charge is 2.16. The van der Waals surface area contributed by atoms with E-state index in [4.69, 9.17) is 9.15 Å². The van der Waals surface area contributed by atoms with Gasteiger partial charge in [0.2, 0.25) is 0 Å². The standard InChI is InChI=1S/C14H17NO2/c1-10-8-17-14-12(10)3-2-4-13(14)16-9-11-5-6-15-7-11/h2-4,8,11,15H,5-7,9H2,1H3. The molecule has 1 saturated heterocycles. The fraction of sp³-hybridized carbons (Fsp3) is 0.429. The van der Waals surface area contributed by atoms with Crippen LogP contribution in [0.25, 0.3) is 11.0 Å². The number of furan rings is 1. The number of rotatable bonds is 3. The Balaban J connectivity index is 1.79. The first kappa shape index (κ1) is 10.7. The highest BCUT2D eigenvalue weighted by atomic mass is 16.5. The number of hydrogen-bond acceptors (Lipinski definition) is 3. The van der Waals surface area contributed by atoms with Crippen LogP contribution in [-0.4, -0.2) is 19.7 Å². The summed E-state index contributed by atoms with van der Waals surface area (Å²) >= 11 is 0. The van der Waals surface area contributed by atoms with Crippen molar-refractivity contribution in [2.75, 3.05) is 19.7 Å². The van der Waals surface area contributed by atoms with E-state index in [1.807, 2.05) is 12.1 Å². The number of nitrogens with one attached hydrogen (secondary N) is 1. The third kappa shape index (κ3) is 2.03. The van der Waals surface area contributed by atoms with Crippen molar-refractivity contribution >= 4 is 11.0 Å². The monoisotopic (exact) mass is 231 g/mol. The molecule has 1 aliphatic rings. The van der Waals surface area contributed by atoms with E-state index >= 15 is 0 Å². The highest BCUT2D eigenvalue weighted by Crippen LogP contribution is 2.29. The molecule has 0 radical (unpaired) electrons. The molecule has 1 unspecified atom stereocenters. The number of benzene rings is 1. The molecule has 2 heterocycles. The molecule has 1 fully saturated rings. The molecule has 0 bridgehead atoms. The van der Waals surface area contributed by atoms with Gasteiger partial charge >= 0.3 is 0 Å². The summed E-state index contributed by atoms with van der Waals surface area (Å²) in [6.07, 6.45) is 2.99. The lowest BCUT2D eigenvalue weighted by molar-refractivity contribution is 0.260. The van der Waals surface area contributed by atoms with Gasteiger partial charge in [-0.15, -0.1) is 0 Å². The molecule has 1 aliphatic heterocycles. The second kappa shape index (κ2) is 4.41. The molecule has 0 aliphatic carbocycles. The van der Waals surface area contributed by atoms with Gasteiger partial charge in [0.15, 0.2) is 11.3 Å². The molecule has 0 saturated carbocycles. The van der Waals surface area contributed by atoms with Gasteiger partial charge < -0.3 is 14.5 Å². The van der Waals surface area contributed by atoms with Crippen LogP contribution in [0, 0.1) is 12.8 Å². The second-order valence-electron chi connectivity index (χ2n) is 4.72. The average Bonchev–Trinajstić information content (AvgIpc) is 2.97. The zero-order chi connectivity index (χ0) is 11.7. The lowest BCUT2D eigenvalue weighted by atomic mass is 10.1. The summed E-state index contributed by atoms with van der Waals surface area (Å²) < 4.78 is 11.4. The quantitative estimate of drug-likeness (QED) is 0.882. The highest BCUT2D eigenvalue weighted by molar-refractivity contribution is 5.85. The number of fused-ring (bicyclic) bond motifs is 1. The minimum atomic E-state index is 0.626. The average molecular weight is 231 g/mol. The van der Waals surface area contributed by atoms with Crippen molar-refractivity contribution in [2.24, 2.45) is 5.92 Å². The summed E-state index contributed by atoms with van der Waals surface area (Å²) in [6.45, 7) is 4.99. The molecule has 1 atom stereocenters. The van der Waals surface area contributed by atoms with Gasteiger partial charge in [0.1, 0.15) is 0 Å². The summed E-state index contributed by atoms with van der Waals surface area (Å²) in [7, 11) is 0. The van der Waals surface area contributed by atoms with Crippen molar-refractivity contribution in [1.29, 1.82) is 0 Å². The molecule has 1 aromatic carbocycles. The van der Waals surface area contributed by atoms with Crippen molar-refractivity contribution in [2.45, 2.75) is 13.3 Å². The molecule has 3 nitrogen and oxygen atoms in total. The first-order valence-corrected chi connectivity index (χ1v) is 6.15. The summed E-state index contributed by atoms with van der Waals surface area (Å²) in [4.78, 5) is 0. The van der Waals surface area contributed by atoms with Crippen LogP contribution in [-0.2, 0) is 0 Å². The fourth-order valence-corrected chi connectivity index (χ4v) is 2.34. The first-order chi connectivity index (χ1) is 8.34. The van der Waals surface area contributed by atoms with Crippen LogP contribution in [0.5, 0.6) is 5.75 Å². The third-order valence-corrected chi connectivity index (χ3v) is 3.39. The van der Waals surface area contributed by atoms with E-state index in [9.17, 15) is 0 Å². The first-order valence-electron chi connectivity index (χ1n) is 6.15. The van der Waals surface area contributed by atoms with Crippen molar-refractivity contribution < 1.29 is 9.15 Å². The van der Waals surface area contributed by atoms with Crippen LogP contribution in [0.2, 0.25) is 0 Å². The van der Waals surface area contributed by atoms with Crippen molar-refractivity contribution in [3.8, 4) is 5.75 Å². The number of hydrogen-bond donors (Lipinski definition) is 1. The molecule has 1 N–H and O–H groups in total. The normalized spacial score (nSPS) is 19.9. The Morgan fingerprint density at radius 2 is 2.41 bits per heavy atom. The maximum Gasteiger partial charge on any atom is 0.175 e. The molecular formula is C14H17NO2. The third-order valence-electron chi connectivity index (χ3n) is 3.39. The van der Waals surface area contributed by atoms with Gasteiger partial charge in [-0.1, -0.05) is 12.1 Å². The molecule has 17 heavy (non-hydrogen) atoms. The minimum absolute atomic E-state index is 0.626. The molecule has 0 spiro atoms. The fourth-order valence-electron chi connectivity index (χ4n) is 2.34. The van der Waals surface area contributed by atoms with Crippen molar-refractivity contribution in [3.63, 3.8) is 0 Å². The van der Waals surface area contributed by atoms with Crippen molar-refractivity contribution in [1.82, 2.24) is 5.32 Å². The summed E-state index contributed by atoms with van der Waals surface area (Å²) in [5.74, 6) is 1.49. The van der Waals surface area contributed by atoms with E-state index in [2.05, 4.69) is 18.3 Å². The maximum absolute atomic E-state index is 5.88. The van der Waals surface area contributed by atoms with Crippen LogP contribution in [0.4, 0.5) is 0 Å². The van der Waals surface area contributed by atoms with Gasteiger partial charge in [0.05, 0.1) is 12.9 Å². The zero-order valence-electron chi connectivity index (χ0n) is 10.0. The zero-order valence-corrected chi connectivity index (χ0v) is 10.0. The van der Waals surface area contributed by atoms with E-state index in [1.165, 1.54) is 6.42 Å². The van der Waals surface area contributed by atoms with Gasteiger partial charge in [-0.25, -0.2) is 0 Å². The van der Waals surface area contributed by atoms with Gasteiger partial charge in [-0.05, 0) is 31.5 Å². The lowest BCUT2D eigenvalue weighted by Crippen LogP contribution is -2.15. The Morgan fingerprint density at radius 3 is 3.24 bits per heavy atom. The molecule has 3 heteroatoms. The van der Waals surface area contributed by atoms with Crippen molar-refractivity contribution in [3.05, 3.63) is 30.0 Å². The second-order valence-corrected chi connectivity index (χ2v) is 4.72. The van der Waals surface area contributed by atoms with Gasteiger partial charge in [0, 0.05) is 17.8 Å². The van der Waals surface area contributed by atoms with E-state index in [0.29, 0.717) is 5.92 Å². The van der Waals surface area contributed by atoms with Crippen LogP contribution >= 0.6 is 0 Å². The topological polar surface area (TPSA) is 34.4 Å². The Hall–Kier alpha value is -1.48. The van der Waals surface area contributed by atoms with E-state index in [0.717, 1.165) is 42.0 Å². The SMILES string of the molecule is Cc1coc2c(OCC3CCNC3)cccc12. The van der Waals surface area contributed by atoms with E-state index in [1.54, 1.807) is 6.26 Å². The van der Waals surface area contributed by atoms with Crippen LogP contribution in [0.1, 0.15) is 12.0 Å². The Kier molecular flexibility index (Phi) is 2.77.